The molecule has 0 saturated carbocycles. The molecule has 4 heteroatoms. The number of rotatable bonds is 3. The second-order valence-corrected chi connectivity index (χ2v) is 4.72. The molecule has 0 unspecified atom stereocenters. The summed E-state index contributed by atoms with van der Waals surface area (Å²) in [5, 5.41) is 10.3. The maximum atomic E-state index is 11.4. The molecule has 0 spiro atoms. The highest BCUT2D eigenvalue weighted by Gasteiger charge is 2.14. The van der Waals surface area contributed by atoms with Gasteiger partial charge in [-0.2, -0.15) is 0 Å². The number of nitrogens with zero attached hydrogens (tertiary/aromatic N) is 1. The highest BCUT2D eigenvalue weighted by atomic mass is 16.4. The Balaban J connectivity index is 2.11. The Bertz CT molecular complexity index is 773. The molecule has 0 aliphatic carbocycles. The third kappa shape index (κ3) is 2.12. The SMILES string of the molecule is Nc1ccc(Cn2c(C(=O)O)cc3ccccc32)cc1. The number of fused-ring (bicyclic) bond motifs is 1. The lowest BCUT2D eigenvalue weighted by Gasteiger charge is -2.09. The molecule has 0 amide bonds. The van der Waals surface area contributed by atoms with Gasteiger partial charge in [-0.15, -0.1) is 0 Å². The van der Waals surface area contributed by atoms with Crippen LogP contribution < -0.4 is 5.73 Å². The highest BCUT2D eigenvalue weighted by Crippen LogP contribution is 2.21. The summed E-state index contributed by atoms with van der Waals surface area (Å²) in [6.07, 6.45) is 0. The number of nitrogens with two attached hydrogens (primary N) is 1. The number of benzene rings is 2. The number of hydrogen-bond donors (Lipinski definition) is 2. The molecule has 2 aromatic carbocycles. The molecule has 0 radical (unpaired) electrons. The van der Waals surface area contributed by atoms with Gasteiger partial charge in [0.15, 0.2) is 0 Å². The fourth-order valence-electron chi connectivity index (χ4n) is 2.36. The fraction of sp³-hybridized carbons (Fsp3) is 0.0625. The Morgan fingerprint density at radius 3 is 2.50 bits per heavy atom. The van der Waals surface area contributed by atoms with Crippen molar-refractivity contribution in [3.8, 4) is 0 Å². The van der Waals surface area contributed by atoms with Gasteiger partial charge in [-0.1, -0.05) is 30.3 Å². The molecular formula is C16H14N2O2. The van der Waals surface area contributed by atoms with Crippen molar-refractivity contribution in [3.63, 3.8) is 0 Å². The summed E-state index contributed by atoms with van der Waals surface area (Å²) < 4.78 is 1.81. The molecule has 3 rings (SSSR count). The van der Waals surface area contributed by atoms with E-state index >= 15 is 0 Å². The van der Waals surface area contributed by atoms with Crippen molar-refractivity contribution in [1.29, 1.82) is 0 Å². The first-order chi connectivity index (χ1) is 9.65. The minimum absolute atomic E-state index is 0.294. The number of aromatic nitrogens is 1. The van der Waals surface area contributed by atoms with E-state index in [9.17, 15) is 9.90 Å². The number of carbonyl (C=O) groups is 1. The van der Waals surface area contributed by atoms with E-state index in [2.05, 4.69) is 0 Å². The lowest BCUT2D eigenvalue weighted by molar-refractivity contribution is 0.0686. The molecule has 0 bridgehead atoms. The van der Waals surface area contributed by atoms with Crippen molar-refractivity contribution in [2.24, 2.45) is 0 Å². The molecule has 20 heavy (non-hydrogen) atoms. The zero-order valence-electron chi connectivity index (χ0n) is 10.8. The smallest absolute Gasteiger partial charge is 0.352 e. The van der Waals surface area contributed by atoms with Gasteiger partial charge in [0.2, 0.25) is 0 Å². The summed E-state index contributed by atoms with van der Waals surface area (Å²) in [4.78, 5) is 11.4. The molecule has 3 aromatic rings. The average Bonchev–Trinajstić information content (AvgIpc) is 2.81. The molecule has 0 aliphatic rings. The second kappa shape index (κ2) is 4.74. The Morgan fingerprint density at radius 2 is 1.80 bits per heavy atom. The Hall–Kier alpha value is -2.75. The summed E-state index contributed by atoms with van der Waals surface area (Å²) in [6.45, 7) is 0.509. The van der Waals surface area contributed by atoms with Crippen LogP contribution in [0.25, 0.3) is 10.9 Å². The van der Waals surface area contributed by atoms with Gasteiger partial charge in [0.1, 0.15) is 5.69 Å². The molecule has 0 saturated heterocycles. The number of para-hydroxylation sites is 1. The number of anilines is 1. The van der Waals surface area contributed by atoms with Gasteiger partial charge in [0, 0.05) is 23.1 Å². The fourth-order valence-corrected chi connectivity index (χ4v) is 2.36. The van der Waals surface area contributed by atoms with Gasteiger partial charge in [0.05, 0.1) is 0 Å². The van der Waals surface area contributed by atoms with Crippen LogP contribution in [0.3, 0.4) is 0 Å². The first-order valence-corrected chi connectivity index (χ1v) is 6.31. The Morgan fingerprint density at radius 1 is 1.10 bits per heavy atom. The van der Waals surface area contributed by atoms with E-state index in [4.69, 9.17) is 5.73 Å². The number of aromatic carboxylic acids is 1. The quantitative estimate of drug-likeness (QED) is 0.716. The van der Waals surface area contributed by atoms with E-state index in [0.717, 1.165) is 16.5 Å². The molecule has 0 atom stereocenters. The van der Waals surface area contributed by atoms with E-state index in [1.807, 2.05) is 53.1 Å². The van der Waals surface area contributed by atoms with Crippen LogP contribution in [-0.2, 0) is 6.54 Å². The highest BCUT2D eigenvalue weighted by molar-refractivity contribution is 5.94. The van der Waals surface area contributed by atoms with E-state index in [-0.39, 0.29) is 0 Å². The van der Waals surface area contributed by atoms with Crippen molar-refractivity contribution < 1.29 is 9.90 Å². The molecular weight excluding hydrogens is 252 g/mol. The van der Waals surface area contributed by atoms with Crippen LogP contribution >= 0.6 is 0 Å². The summed E-state index contributed by atoms with van der Waals surface area (Å²) in [7, 11) is 0. The number of hydrogen-bond acceptors (Lipinski definition) is 2. The third-order valence-corrected chi connectivity index (χ3v) is 3.35. The summed E-state index contributed by atoms with van der Waals surface area (Å²) in [5.74, 6) is -0.920. The summed E-state index contributed by atoms with van der Waals surface area (Å²) in [6, 6.07) is 16.8. The molecule has 4 nitrogen and oxygen atoms in total. The topological polar surface area (TPSA) is 68.2 Å². The second-order valence-electron chi connectivity index (χ2n) is 4.72. The first-order valence-electron chi connectivity index (χ1n) is 6.31. The van der Waals surface area contributed by atoms with Gasteiger partial charge in [0.25, 0.3) is 0 Å². The van der Waals surface area contributed by atoms with Crippen LogP contribution in [0, 0.1) is 0 Å². The minimum atomic E-state index is -0.920. The summed E-state index contributed by atoms with van der Waals surface area (Å²) >= 11 is 0. The normalized spacial score (nSPS) is 10.8. The lowest BCUT2D eigenvalue weighted by atomic mass is 10.2. The van der Waals surface area contributed by atoms with Gasteiger partial charge in [-0.3, -0.25) is 0 Å². The van der Waals surface area contributed by atoms with Crippen molar-refractivity contribution in [2.45, 2.75) is 6.54 Å². The molecule has 3 N–H and O–H groups in total. The lowest BCUT2D eigenvalue weighted by Crippen LogP contribution is -2.09. The minimum Gasteiger partial charge on any atom is -0.477 e. The standard InChI is InChI=1S/C16H14N2O2/c17-13-7-5-11(6-8-13)10-18-14-4-2-1-3-12(14)9-15(18)16(19)20/h1-9H,10,17H2,(H,19,20). The molecule has 100 valence electrons. The Labute approximate surface area is 116 Å². The Kier molecular flexibility index (Phi) is 2.91. The van der Waals surface area contributed by atoms with Crippen molar-refractivity contribution >= 4 is 22.6 Å². The predicted molar refractivity (Wildman–Crippen MR) is 78.9 cm³/mol. The zero-order valence-corrected chi connectivity index (χ0v) is 10.8. The molecule has 0 aliphatic heterocycles. The first kappa shape index (κ1) is 12.3. The van der Waals surface area contributed by atoms with E-state index in [1.54, 1.807) is 6.07 Å². The van der Waals surface area contributed by atoms with Crippen LogP contribution in [0.4, 0.5) is 5.69 Å². The van der Waals surface area contributed by atoms with Crippen LogP contribution in [0.2, 0.25) is 0 Å². The van der Waals surface area contributed by atoms with Crippen LogP contribution in [-0.4, -0.2) is 15.6 Å². The molecule has 1 heterocycles. The van der Waals surface area contributed by atoms with Gasteiger partial charge < -0.3 is 15.4 Å². The maximum absolute atomic E-state index is 11.4. The van der Waals surface area contributed by atoms with Crippen molar-refractivity contribution in [1.82, 2.24) is 4.57 Å². The number of carboxylic acid groups (broad SMARTS) is 1. The van der Waals surface area contributed by atoms with Crippen molar-refractivity contribution in [3.05, 3.63) is 65.9 Å². The van der Waals surface area contributed by atoms with E-state index < -0.39 is 5.97 Å². The maximum Gasteiger partial charge on any atom is 0.352 e. The summed E-state index contributed by atoms with van der Waals surface area (Å²) in [5.41, 5.74) is 8.60. The zero-order chi connectivity index (χ0) is 14.1. The van der Waals surface area contributed by atoms with E-state index in [1.165, 1.54) is 0 Å². The molecule has 0 fully saturated rings. The third-order valence-electron chi connectivity index (χ3n) is 3.35. The largest absolute Gasteiger partial charge is 0.477 e. The number of nitrogen functional groups attached to an aromatic ring is 1. The van der Waals surface area contributed by atoms with E-state index in [0.29, 0.717) is 17.9 Å². The van der Waals surface area contributed by atoms with Crippen LogP contribution in [0.15, 0.2) is 54.6 Å². The number of carboxylic acids is 1. The molecule has 1 aromatic heterocycles. The van der Waals surface area contributed by atoms with Gasteiger partial charge in [-0.05, 0) is 29.8 Å². The van der Waals surface area contributed by atoms with Gasteiger partial charge >= 0.3 is 5.97 Å². The predicted octanol–water partition coefficient (Wildman–Crippen LogP) is 2.97. The monoisotopic (exact) mass is 266 g/mol. The average molecular weight is 266 g/mol. The van der Waals surface area contributed by atoms with Crippen LogP contribution in [0.1, 0.15) is 16.1 Å². The van der Waals surface area contributed by atoms with Crippen molar-refractivity contribution in [2.75, 3.05) is 5.73 Å². The van der Waals surface area contributed by atoms with Gasteiger partial charge in [-0.25, -0.2) is 4.79 Å². The van der Waals surface area contributed by atoms with Crippen LogP contribution in [0.5, 0.6) is 0 Å².